The minimum atomic E-state index is -0.556. The third-order valence-corrected chi connectivity index (χ3v) is 2.93. The Kier molecular flexibility index (Phi) is 2.51. The van der Waals surface area contributed by atoms with Crippen LogP contribution in [0.2, 0.25) is 0 Å². The van der Waals surface area contributed by atoms with Crippen LogP contribution in [0, 0.1) is 0 Å². The number of aromatic nitrogens is 5. The summed E-state index contributed by atoms with van der Waals surface area (Å²) in [6, 6.07) is 0. The third-order valence-electron chi connectivity index (χ3n) is 2.93. The molecule has 0 aromatic carbocycles. The quantitative estimate of drug-likeness (QED) is 0.709. The van der Waals surface area contributed by atoms with E-state index < -0.39 is 5.97 Å². The smallest absolute Gasteiger partial charge is 0.377 e. The Morgan fingerprint density at radius 1 is 1.33 bits per heavy atom. The van der Waals surface area contributed by atoms with Crippen LogP contribution in [-0.4, -0.2) is 37.8 Å². The summed E-state index contributed by atoms with van der Waals surface area (Å²) in [7, 11) is 1.30. The van der Waals surface area contributed by atoms with Gasteiger partial charge in [-0.05, 0) is 19.3 Å². The Hall–Kier alpha value is -2.31. The van der Waals surface area contributed by atoms with E-state index in [1.165, 1.54) is 24.4 Å². The van der Waals surface area contributed by atoms with Crippen LogP contribution < -0.4 is 0 Å². The normalized spacial score (nSPS) is 13.4. The Labute approximate surface area is 103 Å². The number of hydrogen-bond donors (Lipinski definition) is 0. The number of esters is 1. The van der Waals surface area contributed by atoms with Gasteiger partial charge in [0.05, 0.1) is 7.11 Å². The Morgan fingerprint density at radius 3 is 3.06 bits per heavy atom. The van der Waals surface area contributed by atoms with Gasteiger partial charge in [0.15, 0.2) is 5.82 Å². The highest BCUT2D eigenvalue weighted by Crippen LogP contribution is 2.23. The first-order valence-corrected chi connectivity index (χ1v) is 5.62. The van der Waals surface area contributed by atoms with Gasteiger partial charge in [0.2, 0.25) is 0 Å². The number of fused-ring (bicyclic) bond motifs is 1. The topological polar surface area (TPSA) is 82.8 Å². The average Bonchev–Trinajstić information content (AvgIpc) is 3.05. The third kappa shape index (κ3) is 1.64. The molecule has 0 bridgehead atoms. The maximum atomic E-state index is 11.3. The minimum absolute atomic E-state index is 0.0304. The van der Waals surface area contributed by atoms with E-state index in [0.29, 0.717) is 5.82 Å². The molecule has 0 N–H and O–H groups in total. The van der Waals surface area contributed by atoms with Gasteiger partial charge in [0.25, 0.3) is 5.82 Å². The summed E-state index contributed by atoms with van der Waals surface area (Å²) in [5, 5.41) is 4.07. The molecule has 0 unspecified atom stereocenters. The van der Waals surface area contributed by atoms with Crippen LogP contribution in [0.15, 0.2) is 12.7 Å². The van der Waals surface area contributed by atoms with Crippen molar-refractivity contribution < 1.29 is 9.53 Å². The molecule has 0 aliphatic heterocycles. The molecule has 92 valence electrons. The zero-order chi connectivity index (χ0) is 12.5. The minimum Gasteiger partial charge on any atom is -0.463 e. The molecule has 3 rings (SSSR count). The second-order valence-corrected chi connectivity index (χ2v) is 3.98. The molecule has 2 aromatic heterocycles. The second-order valence-electron chi connectivity index (χ2n) is 3.98. The van der Waals surface area contributed by atoms with Crippen LogP contribution in [0.4, 0.5) is 0 Å². The summed E-state index contributed by atoms with van der Waals surface area (Å²) in [5.41, 5.74) is 2.13. The molecule has 0 fully saturated rings. The van der Waals surface area contributed by atoms with E-state index in [0.717, 1.165) is 30.5 Å². The van der Waals surface area contributed by atoms with Crippen molar-refractivity contribution in [1.82, 2.24) is 24.7 Å². The maximum absolute atomic E-state index is 11.3. The fraction of sp³-hybridized carbons (Fsp3) is 0.364. The summed E-state index contributed by atoms with van der Waals surface area (Å²) in [6.45, 7) is 0. The summed E-state index contributed by atoms with van der Waals surface area (Å²) < 4.78 is 6.07. The monoisotopic (exact) mass is 245 g/mol. The molecule has 18 heavy (non-hydrogen) atoms. The molecule has 2 heterocycles. The van der Waals surface area contributed by atoms with Gasteiger partial charge in [-0.2, -0.15) is 0 Å². The van der Waals surface area contributed by atoms with Gasteiger partial charge >= 0.3 is 5.97 Å². The molecule has 0 amide bonds. The standard InChI is InChI=1S/C11H11N5O2/c1-18-11(17)9-14-6-16(15-9)10-7-3-2-4-8(7)12-5-13-10/h5-6H,2-4H2,1H3. The largest absolute Gasteiger partial charge is 0.463 e. The predicted molar refractivity (Wildman–Crippen MR) is 60.3 cm³/mol. The van der Waals surface area contributed by atoms with Gasteiger partial charge < -0.3 is 4.74 Å². The number of aryl methyl sites for hydroxylation is 1. The van der Waals surface area contributed by atoms with Crippen molar-refractivity contribution in [2.45, 2.75) is 19.3 Å². The first-order chi connectivity index (χ1) is 8.79. The van der Waals surface area contributed by atoms with Crippen molar-refractivity contribution in [3.8, 4) is 5.82 Å². The number of carbonyl (C=O) groups excluding carboxylic acids is 1. The molecular formula is C11H11N5O2. The highest BCUT2D eigenvalue weighted by Gasteiger charge is 2.20. The molecule has 0 spiro atoms. The summed E-state index contributed by atoms with van der Waals surface area (Å²) in [4.78, 5) is 23.7. The Bertz CT molecular complexity index is 607. The Morgan fingerprint density at radius 2 is 2.22 bits per heavy atom. The fourth-order valence-corrected chi connectivity index (χ4v) is 2.09. The van der Waals surface area contributed by atoms with E-state index >= 15 is 0 Å². The van der Waals surface area contributed by atoms with E-state index in [4.69, 9.17) is 0 Å². The van der Waals surface area contributed by atoms with Gasteiger partial charge in [-0.25, -0.2) is 24.4 Å². The highest BCUT2D eigenvalue weighted by atomic mass is 16.5. The number of ether oxygens (including phenoxy) is 1. The van der Waals surface area contributed by atoms with Crippen molar-refractivity contribution in [2.75, 3.05) is 7.11 Å². The lowest BCUT2D eigenvalue weighted by Crippen LogP contribution is -2.08. The lowest BCUT2D eigenvalue weighted by molar-refractivity contribution is 0.0587. The fourth-order valence-electron chi connectivity index (χ4n) is 2.09. The molecular weight excluding hydrogens is 234 g/mol. The highest BCUT2D eigenvalue weighted by molar-refractivity contribution is 5.84. The molecule has 2 aromatic rings. The first kappa shape index (κ1) is 10.8. The van der Waals surface area contributed by atoms with Crippen molar-refractivity contribution >= 4 is 5.97 Å². The molecule has 0 atom stereocenters. The number of rotatable bonds is 2. The molecule has 0 radical (unpaired) electrons. The van der Waals surface area contributed by atoms with Crippen molar-refractivity contribution in [1.29, 1.82) is 0 Å². The molecule has 7 heteroatoms. The van der Waals surface area contributed by atoms with Crippen LogP contribution in [0.25, 0.3) is 5.82 Å². The molecule has 1 aliphatic carbocycles. The SMILES string of the molecule is COC(=O)c1ncn(-c2ncnc3c2CCC3)n1. The number of carbonyl (C=O) groups is 1. The van der Waals surface area contributed by atoms with Gasteiger partial charge in [0, 0.05) is 11.3 Å². The average molecular weight is 245 g/mol. The molecule has 1 aliphatic rings. The first-order valence-electron chi connectivity index (χ1n) is 5.62. The number of methoxy groups -OCH3 is 1. The van der Waals surface area contributed by atoms with E-state index in [2.05, 4.69) is 24.8 Å². The van der Waals surface area contributed by atoms with Crippen LogP contribution in [0.1, 0.15) is 28.3 Å². The Balaban J connectivity index is 2.03. The summed E-state index contributed by atoms with van der Waals surface area (Å²) in [6.07, 6.45) is 5.94. The summed E-state index contributed by atoms with van der Waals surface area (Å²) >= 11 is 0. The van der Waals surface area contributed by atoms with E-state index in [9.17, 15) is 4.79 Å². The number of nitrogens with zero attached hydrogens (tertiary/aromatic N) is 5. The van der Waals surface area contributed by atoms with E-state index in [-0.39, 0.29) is 5.82 Å². The lowest BCUT2D eigenvalue weighted by Gasteiger charge is -2.04. The maximum Gasteiger partial charge on any atom is 0.377 e. The van der Waals surface area contributed by atoms with Crippen LogP contribution >= 0.6 is 0 Å². The number of hydrogen-bond acceptors (Lipinski definition) is 6. The van der Waals surface area contributed by atoms with Crippen molar-refractivity contribution in [3.05, 3.63) is 29.7 Å². The van der Waals surface area contributed by atoms with Gasteiger partial charge in [-0.15, -0.1) is 5.10 Å². The second kappa shape index (κ2) is 4.17. The molecule has 7 nitrogen and oxygen atoms in total. The van der Waals surface area contributed by atoms with Crippen LogP contribution in [0.3, 0.4) is 0 Å². The van der Waals surface area contributed by atoms with Gasteiger partial charge in [-0.1, -0.05) is 0 Å². The van der Waals surface area contributed by atoms with E-state index in [1.54, 1.807) is 0 Å². The van der Waals surface area contributed by atoms with Crippen LogP contribution in [0.5, 0.6) is 0 Å². The van der Waals surface area contributed by atoms with Crippen LogP contribution in [-0.2, 0) is 17.6 Å². The summed E-state index contributed by atoms with van der Waals surface area (Å²) in [5.74, 6) is 0.169. The molecule has 0 saturated carbocycles. The van der Waals surface area contributed by atoms with Crippen molar-refractivity contribution in [2.24, 2.45) is 0 Å². The zero-order valence-electron chi connectivity index (χ0n) is 9.83. The zero-order valence-corrected chi connectivity index (χ0v) is 9.83. The molecule has 0 saturated heterocycles. The lowest BCUT2D eigenvalue weighted by atomic mass is 10.2. The van der Waals surface area contributed by atoms with E-state index in [1.807, 2.05) is 0 Å². The van der Waals surface area contributed by atoms with Crippen molar-refractivity contribution in [3.63, 3.8) is 0 Å². The van der Waals surface area contributed by atoms with Gasteiger partial charge in [-0.3, -0.25) is 0 Å². The predicted octanol–water partition coefficient (Wildman–Crippen LogP) is 0.333. The van der Waals surface area contributed by atoms with Gasteiger partial charge in [0.1, 0.15) is 12.7 Å².